The Bertz CT molecular complexity index is 1010. The molecule has 0 fully saturated rings. The van der Waals surface area contributed by atoms with Gasteiger partial charge in [-0.25, -0.2) is 4.98 Å². The lowest BCUT2D eigenvalue weighted by Gasteiger charge is -2.08. The number of aromatic nitrogens is 2. The van der Waals surface area contributed by atoms with Crippen molar-refractivity contribution in [2.45, 2.75) is 13.8 Å². The van der Waals surface area contributed by atoms with Gasteiger partial charge in [-0.3, -0.25) is 4.40 Å². The number of aryl methyl sites for hydroxylation is 2. The van der Waals surface area contributed by atoms with Crippen molar-refractivity contribution in [3.8, 4) is 11.5 Å². The molecule has 0 saturated carbocycles. The molecule has 4 rings (SSSR count). The van der Waals surface area contributed by atoms with Crippen LogP contribution in [0.5, 0.6) is 0 Å². The van der Waals surface area contributed by atoms with E-state index in [0.717, 1.165) is 28.6 Å². The topological polar surface area (TPSA) is 42.5 Å². The average Bonchev–Trinajstić information content (AvgIpc) is 3.14. The number of anilines is 2. The zero-order chi connectivity index (χ0) is 16.7. The van der Waals surface area contributed by atoms with Crippen LogP contribution < -0.4 is 5.32 Å². The van der Waals surface area contributed by atoms with Gasteiger partial charge in [0.05, 0.1) is 0 Å². The average molecular weight is 382 g/mol. The van der Waals surface area contributed by atoms with Gasteiger partial charge in [-0.05, 0) is 65.7 Å². The summed E-state index contributed by atoms with van der Waals surface area (Å²) in [5.74, 6) is 1.61. The summed E-state index contributed by atoms with van der Waals surface area (Å²) < 4.78 is 8.47. The van der Waals surface area contributed by atoms with Gasteiger partial charge in [0.15, 0.2) is 10.4 Å². The lowest BCUT2D eigenvalue weighted by atomic mass is 10.2. The molecule has 0 aliphatic heterocycles. The number of pyridine rings is 1. The maximum absolute atomic E-state index is 5.73. The van der Waals surface area contributed by atoms with Gasteiger partial charge in [0.25, 0.3) is 0 Å². The first kappa shape index (κ1) is 15.0. The molecule has 0 aliphatic rings. The maximum atomic E-state index is 5.73. The highest BCUT2D eigenvalue weighted by atomic mass is 79.9. The normalized spacial score (nSPS) is 11.1. The molecule has 3 aromatic heterocycles. The summed E-state index contributed by atoms with van der Waals surface area (Å²) in [6.45, 7) is 4.14. The Morgan fingerprint density at radius 3 is 2.42 bits per heavy atom. The third kappa shape index (κ3) is 2.71. The molecule has 120 valence electrons. The van der Waals surface area contributed by atoms with Crippen LogP contribution in [0.1, 0.15) is 11.1 Å². The molecule has 3 heterocycles. The number of furan rings is 1. The third-order valence-corrected chi connectivity index (χ3v) is 4.31. The summed E-state index contributed by atoms with van der Waals surface area (Å²) >= 11 is 3.36. The standard InChI is InChI=1S/C19H16BrN3O/c1-12-3-6-14(7-4-12)21-19-18(15-8-9-16(20)24-15)22-17-10-5-13(2)11-23(17)19/h3-11,21H,1-2H3. The van der Waals surface area contributed by atoms with Crippen molar-refractivity contribution in [3.63, 3.8) is 0 Å². The Labute approximate surface area is 148 Å². The van der Waals surface area contributed by atoms with Gasteiger partial charge in [0.1, 0.15) is 17.2 Å². The molecule has 1 aromatic carbocycles. The quantitative estimate of drug-likeness (QED) is 0.493. The Kier molecular flexibility index (Phi) is 3.65. The van der Waals surface area contributed by atoms with Crippen molar-refractivity contribution in [1.82, 2.24) is 9.38 Å². The lowest BCUT2D eigenvalue weighted by molar-refractivity contribution is 0.554. The van der Waals surface area contributed by atoms with Crippen LogP contribution in [0.25, 0.3) is 17.1 Å². The minimum Gasteiger partial charge on any atom is -0.448 e. The van der Waals surface area contributed by atoms with E-state index in [1.165, 1.54) is 11.1 Å². The first-order valence-electron chi connectivity index (χ1n) is 7.68. The van der Waals surface area contributed by atoms with Crippen LogP contribution in [0.3, 0.4) is 0 Å². The van der Waals surface area contributed by atoms with Gasteiger partial charge in [0, 0.05) is 11.9 Å². The van der Waals surface area contributed by atoms with Gasteiger partial charge < -0.3 is 9.73 Å². The number of benzene rings is 1. The van der Waals surface area contributed by atoms with E-state index in [1.807, 2.05) is 18.2 Å². The van der Waals surface area contributed by atoms with E-state index in [4.69, 9.17) is 9.40 Å². The van der Waals surface area contributed by atoms with E-state index in [9.17, 15) is 0 Å². The minimum atomic E-state index is 0.687. The van der Waals surface area contributed by atoms with Crippen molar-refractivity contribution in [2.24, 2.45) is 0 Å². The first-order chi connectivity index (χ1) is 11.6. The van der Waals surface area contributed by atoms with Gasteiger partial charge in [0.2, 0.25) is 0 Å². The minimum absolute atomic E-state index is 0.687. The second kappa shape index (κ2) is 5.83. The predicted octanol–water partition coefficient (Wildman–Crippen LogP) is 5.72. The van der Waals surface area contributed by atoms with E-state index in [0.29, 0.717) is 4.67 Å². The van der Waals surface area contributed by atoms with Crippen LogP contribution in [0, 0.1) is 13.8 Å². The highest BCUT2D eigenvalue weighted by molar-refractivity contribution is 9.10. The van der Waals surface area contributed by atoms with E-state index in [2.05, 4.69) is 76.0 Å². The fourth-order valence-electron chi connectivity index (χ4n) is 2.66. The van der Waals surface area contributed by atoms with Gasteiger partial charge in [-0.15, -0.1) is 0 Å². The molecular weight excluding hydrogens is 366 g/mol. The van der Waals surface area contributed by atoms with Gasteiger partial charge >= 0.3 is 0 Å². The monoisotopic (exact) mass is 381 g/mol. The van der Waals surface area contributed by atoms with Crippen molar-refractivity contribution in [3.05, 3.63) is 70.5 Å². The van der Waals surface area contributed by atoms with Crippen LogP contribution in [0.2, 0.25) is 0 Å². The van der Waals surface area contributed by atoms with Crippen molar-refractivity contribution in [2.75, 3.05) is 5.32 Å². The van der Waals surface area contributed by atoms with E-state index >= 15 is 0 Å². The molecule has 0 spiro atoms. The second-order valence-electron chi connectivity index (χ2n) is 5.84. The van der Waals surface area contributed by atoms with Crippen LogP contribution in [-0.4, -0.2) is 9.38 Å². The van der Waals surface area contributed by atoms with E-state index in [-0.39, 0.29) is 0 Å². The summed E-state index contributed by atoms with van der Waals surface area (Å²) in [5.41, 5.74) is 5.06. The molecule has 0 bridgehead atoms. The van der Waals surface area contributed by atoms with E-state index < -0.39 is 0 Å². The van der Waals surface area contributed by atoms with Crippen molar-refractivity contribution >= 4 is 33.1 Å². The summed E-state index contributed by atoms with van der Waals surface area (Å²) in [5, 5.41) is 3.48. The predicted molar refractivity (Wildman–Crippen MR) is 99.8 cm³/mol. The van der Waals surface area contributed by atoms with Crippen molar-refractivity contribution < 1.29 is 4.42 Å². The van der Waals surface area contributed by atoms with Gasteiger partial charge in [-0.1, -0.05) is 23.8 Å². The fourth-order valence-corrected chi connectivity index (χ4v) is 2.96. The third-order valence-electron chi connectivity index (χ3n) is 3.89. The molecule has 5 heteroatoms. The Balaban J connectivity index is 1.89. The molecule has 0 aliphatic carbocycles. The molecule has 4 aromatic rings. The Hall–Kier alpha value is -2.53. The van der Waals surface area contributed by atoms with Crippen LogP contribution in [0.15, 0.2) is 63.8 Å². The Morgan fingerprint density at radius 1 is 0.958 bits per heavy atom. The lowest BCUT2D eigenvalue weighted by Crippen LogP contribution is -1.97. The SMILES string of the molecule is Cc1ccc(Nc2c(-c3ccc(Br)o3)nc3ccc(C)cn23)cc1. The number of halogens is 1. The highest BCUT2D eigenvalue weighted by Gasteiger charge is 2.17. The molecule has 0 radical (unpaired) electrons. The fraction of sp³-hybridized carbons (Fsp3) is 0.105. The molecular formula is C19H16BrN3O. The molecule has 0 saturated heterocycles. The number of fused-ring (bicyclic) bond motifs is 1. The number of hydrogen-bond acceptors (Lipinski definition) is 3. The molecule has 1 N–H and O–H groups in total. The molecule has 4 nitrogen and oxygen atoms in total. The smallest absolute Gasteiger partial charge is 0.169 e. The summed E-state index contributed by atoms with van der Waals surface area (Å²) in [6, 6.07) is 16.1. The summed E-state index contributed by atoms with van der Waals surface area (Å²) in [7, 11) is 0. The number of nitrogens with one attached hydrogen (secondary N) is 1. The molecule has 24 heavy (non-hydrogen) atoms. The van der Waals surface area contributed by atoms with Crippen LogP contribution >= 0.6 is 15.9 Å². The number of nitrogens with zero attached hydrogens (tertiary/aromatic N) is 2. The molecule has 0 atom stereocenters. The van der Waals surface area contributed by atoms with Crippen molar-refractivity contribution in [1.29, 1.82) is 0 Å². The number of hydrogen-bond donors (Lipinski definition) is 1. The zero-order valence-corrected chi connectivity index (χ0v) is 15.0. The summed E-state index contributed by atoms with van der Waals surface area (Å²) in [4.78, 5) is 4.74. The Morgan fingerprint density at radius 2 is 1.71 bits per heavy atom. The zero-order valence-electron chi connectivity index (χ0n) is 13.4. The second-order valence-corrected chi connectivity index (χ2v) is 6.62. The summed E-state index contributed by atoms with van der Waals surface area (Å²) in [6.07, 6.45) is 2.07. The van der Waals surface area contributed by atoms with Gasteiger partial charge in [-0.2, -0.15) is 0 Å². The van der Waals surface area contributed by atoms with Crippen LogP contribution in [0.4, 0.5) is 11.5 Å². The number of imidazole rings is 1. The van der Waals surface area contributed by atoms with E-state index in [1.54, 1.807) is 0 Å². The highest BCUT2D eigenvalue weighted by Crippen LogP contribution is 2.33. The first-order valence-corrected chi connectivity index (χ1v) is 8.47. The largest absolute Gasteiger partial charge is 0.448 e. The van der Waals surface area contributed by atoms with Crippen LogP contribution in [-0.2, 0) is 0 Å². The molecule has 0 amide bonds. The maximum Gasteiger partial charge on any atom is 0.169 e. The molecule has 0 unspecified atom stereocenters. The number of rotatable bonds is 3.